The number of benzene rings is 2. The van der Waals surface area contributed by atoms with Gasteiger partial charge in [0.15, 0.2) is 5.16 Å². The van der Waals surface area contributed by atoms with E-state index < -0.39 is 0 Å². The first-order valence-electron chi connectivity index (χ1n) is 11.4. The summed E-state index contributed by atoms with van der Waals surface area (Å²) in [6.45, 7) is 6.78. The lowest BCUT2D eigenvalue weighted by molar-refractivity contribution is -0.119. The fraction of sp³-hybridized carbons (Fsp3) is 0.360. The molecule has 1 atom stereocenters. The molecule has 0 aliphatic heterocycles. The maximum atomic E-state index is 13.0. The van der Waals surface area contributed by atoms with Crippen molar-refractivity contribution < 1.29 is 4.79 Å². The van der Waals surface area contributed by atoms with Gasteiger partial charge in [-0.05, 0) is 43.0 Å². The zero-order valence-corrected chi connectivity index (χ0v) is 20.1. The maximum Gasteiger partial charge on any atom is 0.262 e. The number of nitrogens with one attached hydrogen (secondary N) is 1. The minimum absolute atomic E-state index is 0.0591. The van der Waals surface area contributed by atoms with Crippen LogP contribution in [0.15, 0.2) is 58.5 Å². The number of aromatic nitrogens is 4. The van der Waals surface area contributed by atoms with Crippen LogP contribution in [0.4, 0.5) is 0 Å². The van der Waals surface area contributed by atoms with E-state index in [2.05, 4.69) is 53.6 Å². The first-order chi connectivity index (χ1) is 16.0. The van der Waals surface area contributed by atoms with Crippen molar-refractivity contribution in [2.24, 2.45) is 0 Å². The number of unbranched alkanes of at least 4 members (excludes halogenated alkanes) is 1. The summed E-state index contributed by atoms with van der Waals surface area (Å²) in [6.07, 6.45) is 2.84. The number of hydrogen-bond acceptors (Lipinski definition) is 5. The predicted octanol–water partition coefficient (Wildman–Crippen LogP) is 4.38. The van der Waals surface area contributed by atoms with Crippen molar-refractivity contribution in [2.75, 3.05) is 5.75 Å². The fourth-order valence-corrected chi connectivity index (χ4v) is 4.63. The van der Waals surface area contributed by atoms with Gasteiger partial charge in [-0.15, -0.1) is 10.2 Å². The van der Waals surface area contributed by atoms with E-state index in [0.717, 1.165) is 30.3 Å². The lowest BCUT2D eigenvalue weighted by atomic mass is 10.1. The quantitative estimate of drug-likeness (QED) is 0.373. The van der Waals surface area contributed by atoms with Crippen LogP contribution in [-0.2, 0) is 17.8 Å². The number of amides is 1. The van der Waals surface area contributed by atoms with E-state index in [0.29, 0.717) is 22.9 Å². The van der Waals surface area contributed by atoms with Crippen molar-refractivity contribution in [3.05, 3.63) is 70.0 Å². The Hall–Kier alpha value is -3.13. The average molecular weight is 464 g/mol. The van der Waals surface area contributed by atoms with Gasteiger partial charge in [0.2, 0.25) is 11.7 Å². The normalized spacial score (nSPS) is 12.3. The Labute approximate surface area is 197 Å². The molecule has 0 aliphatic rings. The van der Waals surface area contributed by atoms with Gasteiger partial charge >= 0.3 is 0 Å². The molecule has 0 radical (unpaired) electrons. The van der Waals surface area contributed by atoms with E-state index in [-0.39, 0.29) is 23.3 Å². The first-order valence-corrected chi connectivity index (χ1v) is 12.4. The van der Waals surface area contributed by atoms with E-state index in [1.54, 1.807) is 4.57 Å². The molecule has 8 heteroatoms. The van der Waals surface area contributed by atoms with Gasteiger partial charge in [0.1, 0.15) is 0 Å². The molecule has 0 saturated heterocycles. The van der Waals surface area contributed by atoms with E-state index in [9.17, 15) is 9.59 Å². The highest BCUT2D eigenvalue weighted by Gasteiger charge is 2.18. The number of rotatable bonds is 9. The minimum atomic E-state index is -0.0841. The van der Waals surface area contributed by atoms with Gasteiger partial charge in [-0.1, -0.05) is 68.4 Å². The predicted molar refractivity (Wildman–Crippen MR) is 133 cm³/mol. The lowest BCUT2D eigenvalue weighted by Gasteiger charge is -2.15. The molecular weight excluding hydrogens is 434 g/mol. The average Bonchev–Trinajstić information content (AvgIpc) is 3.26. The van der Waals surface area contributed by atoms with E-state index in [1.165, 1.54) is 17.3 Å². The number of thioether (sulfide) groups is 1. The molecule has 2 aromatic carbocycles. The van der Waals surface area contributed by atoms with Crippen LogP contribution < -0.4 is 10.9 Å². The number of carbonyl (C=O) groups is 1. The summed E-state index contributed by atoms with van der Waals surface area (Å²) >= 11 is 1.32. The Kier molecular flexibility index (Phi) is 7.13. The Morgan fingerprint density at radius 3 is 2.58 bits per heavy atom. The van der Waals surface area contributed by atoms with Crippen LogP contribution in [-0.4, -0.2) is 30.8 Å². The molecule has 1 unspecified atom stereocenters. The molecule has 2 heterocycles. The summed E-state index contributed by atoms with van der Waals surface area (Å²) in [5.74, 6) is 0.646. The van der Waals surface area contributed by atoms with Crippen LogP contribution in [0.1, 0.15) is 50.8 Å². The number of fused-ring (bicyclic) bond motifs is 3. The minimum Gasteiger partial charge on any atom is -0.349 e. The highest BCUT2D eigenvalue weighted by molar-refractivity contribution is 7.99. The Bertz CT molecular complexity index is 1330. The van der Waals surface area contributed by atoms with Crippen molar-refractivity contribution in [3.8, 4) is 0 Å². The van der Waals surface area contributed by atoms with Gasteiger partial charge in [0, 0.05) is 6.54 Å². The number of carbonyl (C=O) groups excluding carboxylic acids is 1. The van der Waals surface area contributed by atoms with Crippen molar-refractivity contribution in [2.45, 2.75) is 57.8 Å². The van der Waals surface area contributed by atoms with Gasteiger partial charge in [0.05, 0.1) is 22.7 Å². The van der Waals surface area contributed by atoms with Gasteiger partial charge in [-0.3, -0.25) is 18.6 Å². The van der Waals surface area contributed by atoms with Crippen molar-refractivity contribution in [1.82, 2.24) is 24.5 Å². The number of hydrogen-bond donors (Lipinski definition) is 1. The molecule has 33 heavy (non-hydrogen) atoms. The molecule has 0 bridgehead atoms. The summed E-state index contributed by atoms with van der Waals surface area (Å²) in [5.41, 5.74) is 3.04. The molecule has 0 saturated carbocycles. The molecule has 0 aliphatic carbocycles. The summed E-state index contributed by atoms with van der Waals surface area (Å²) < 4.78 is 3.57. The third-order valence-corrected chi connectivity index (χ3v) is 6.74. The van der Waals surface area contributed by atoms with E-state index in [4.69, 9.17) is 0 Å². The van der Waals surface area contributed by atoms with Crippen LogP contribution in [0, 0.1) is 0 Å². The molecule has 4 rings (SSSR count). The molecular formula is C25H29N5O2S. The second kappa shape index (κ2) is 10.2. The van der Waals surface area contributed by atoms with Crippen LogP contribution in [0.25, 0.3) is 16.7 Å². The molecule has 7 nitrogen and oxygen atoms in total. The van der Waals surface area contributed by atoms with Crippen molar-refractivity contribution in [3.63, 3.8) is 0 Å². The van der Waals surface area contributed by atoms with Gasteiger partial charge < -0.3 is 5.32 Å². The third-order valence-electron chi connectivity index (χ3n) is 5.81. The smallest absolute Gasteiger partial charge is 0.262 e. The topological polar surface area (TPSA) is 81.3 Å². The SMILES string of the molecule is CCCCn1c(=O)c2ccccc2n2c(SCC(=O)NC(C)c3ccc(CC)cc3)nnc12. The summed E-state index contributed by atoms with van der Waals surface area (Å²) in [7, 11) is 0. The van der Waals surface area contributed by atoms with Crippen molar-refractivity contribution in [1.29, 1.82) is 0 Å². The Morgan fingerprint density at radius 1 is 1.09 bits per heavy atom. The number of nitrogens with zero attached hydrogens (tertiary/aromatic N) is 4. The van der Waals surface area contributed by atoms with Gasteiger partial charge in [0.25, 0.3) is 5.56 Å². The standard InChI is InChI=1S/C25H29N5O2S/c1-4-6-15-29-23(32)20-9-7-8-10-21(20)30-24(29)27-28-25(30)33-16-22(31)26-17(3)19-13-11-18(5-2)12-14-19/h7-14,17H,4-6,15-16H2,1-3H3,(H,26,31). The number of para-hydroxylation sites is 1. The zero-order valence-electron chi connectivity index (χ0n) is 19.2. The Morgan fingerprint density at radius 2 is 1.85 bits per heavy atom. The van der Waals surface area contributed by atoms with Crippen LogP contribution in [0.3, 0.4) is 0 Å². The second-order valence-corrected chi connectivity index (χ2v) is 9.06. The maximum absolute atomic E-state index is 13.0. The summed E-state index contributed by atoms with van der Waals surface area (Å²) in [4.78, 5) is 25.7. The van der Waals surface area contributed by atoms with E-state index in [1.807, 2.05) is 35.6 Å². The highest BCUT2D eigenvalue weighted by atomic mass is 32.2. The molecule has 4 aromatic rings. The Balaban J connectivity index is 1.55. The van der Waals surface area contributed by atoms with Gasteiger partial charge in [-0.2, -0.15) is 0 Å². The third kappa shape index (κ3) is 4.80. The summed E-state index contributed by atoms with van der Waals surface area (Å²) in [5, 5.41) is 12.9. The van der Waals surface area contributed by atoms with Crippen LogP contribution in [0.2, 0.25) is 0 Å². The zero-order chi connectivity index (χ0) is 23.4. The largest absolute Gasteiger partial charge is 0.349 e. The van der Waals surface area contributed by atoms with Crippen LogP contribution >= 0.6 is 11.8 Å². The molecule has 0 fully saturated rings. The number of aryl methyl sites for hydroxylation is 2. The molecule has 0 spiro atoms. The second-order valence-electron chi connectivity index (χ2n) is 8.12. The van der Waals surface area contributed by atoms with Crippen molar-refractivity contribution >= 4 is 34.3 Å². The fourth-order valence-electron chi connectivity index (χ4n) is 3.88. The van der Waals surface area contributed by atoms with E-state index >= 15 is 0 Å². The molecule has 1 amide bonds. The van der Waals surface area contributed by atoms with Crippen LogP contribution in [0.5, 0.6) is 0 Å². The molecule has 172 valence electrons. The summed E-state index contributed by atoms with van der Waals surface area (Å²) in [6, 6.07) is 15.7. The first kappa shape index (κ1) is 23.0. The molecule has 2 aromatic heterocycles. The van der Waals surface area contributed by atoms with Gasteiger partial charge in [-0.25, -0.2) is 0 Å². The highest BCUT2D eigenvalue weighted by Crippen LogP contribution is 2.22. The molecule has 1 N–H and O–H groups in total. The monoisotopic (exact) mass is 463 g/mol. The lowest BCUT2D eigenvalue weighted by Crippen LogP contribution is -2.28.